The highest BCUT2D eigenvalue weighted by Crippen LogP contribution is 2.29. The van der Waals surface area contributed by atoms with Gasteiger partial charge in [0, 0.05) is 5.56 Å². The van der Waals surface area contributed by atoms with E-state index >= 15 is 0 Å². The number of carbonyl (C=O) groups excluding carboxylic acids is 1. The van der Waals surface area contributed by atoms with Crippen molar-refractivity contribution in [1.82, 2.24) is 4.98 Å². The maximum atomic E-state index is 12.0. The Kier molecular flexibility index (Phi) is 5.51. The van der Waals surface area contributed by atoms with Gasteiger partial charge in [-0.2, -0.15) is 0 Å². The monoisotopic (exact) mass is 303 g/mol. The van der Waals surface area contributed by atoms with Crippen LogP contribution in [0.25, 0.3) is 11.3 Å². The molecule has 0 spiro atoms. The molecule has 112 valence electrons. The average Bonchev–Trinajstić information content (AvgIpc) is 2.88. The van der Waals surface area contributed by atoms with E-state index in [1.54, 1.807) is 0 Å². The Balaban J connectivity index is 2.27. The molecule has 0 aliphatic heterocycles. The number of hydrogen-bond donors (Lipinski definition) is 0. The van der Waals surface area contributed by atoms with Crippen molar-refractivity contribution in [3.8, 4) is 11.3 Å². The van der Waals surface area contributed by atoms with Crippen molar-refractivity contribution in [3.63, 3.8) is 0 Å². The Labute approximate surface area is 130 Å². The summed E-state index contributed by atoms with van der Waals surface area (Å²) < 4.78 is 5.11. The number of rotatable bonds is 6. The second-order valence-corrected chi connectivity index (χ2v) is 6.13. The molecule has 0 saturated carbocycles. The van der Waals surface area contributed by atoms with Crippen molar-refractivity contribution in [1.29, 1.82) is 0 Å². The Morgan fingerprint density at radius 2 is 1.95 bits per heavy atom. The van der Waals surface area contributed by atoms with Gasteiger partial charge in [-0.25, -0.2) is 9.78 Å². The van der Waals surface area contributed by atoms with Crippen LogP contribution in [-0.4, -0.2) is 17.6 Å². The van der Waals surface area contributed by atoms with Crippen LogP contribution in [0.2, 0.25) is 0 Å². The zero-order chi connectivity index (χ0) is 15.2. The van der Waals surface area contributed by atoms with Gasteiger partial charge >= 0.3 is 5.97 Å². The molecule has 0 bridgehead atoms. The minimum absolute atomic E-state index is 0.284. The molecule has 0 aliphatic rings. The molecule has 1 heterocycles. The van der Waals surface area contributed by atoms with E-state index in [1.807, 2.05) is 26.0 Å². The molecular formula is C17H21NO2S. The number of unbranched alkanes of at least 4 members (excludes halogenated alkanes) is 1. The highest BCUT2D eigenvalue weighted by Gasteiger charge is 2.19. The van der Waals surface area contributed by atoms with Gasteiger partial charge in [0.15, 0.2) is 0 Å². The van der Waals surface area contributed by atoms with Crippen molar-refractivity contribution < 1.29 is 9.53 Å². The van der Waals surface area contributed by atoms with Crippen molar-refractivity contribution in [3.05, 3.63) is 39.7 Å². The molecule has 0 unspecified atom stereocenters. The van der Waals surface area contributed by atoms with E-state index < -0.39 is 0 Å². The van der Waals surface area contributed by atoms with Crippen LogP contribution in [0.4, 0.5) is 0 Å². The van der Waals surface area contributed by atoms with E-state index in [0.29, 0.717) is 11.5 Å². The third-order valence-corrected chi connectivity index (χ3v) is 4.19. The minimum atomic E-state index is -0.284. The number of aromatic nitrogens is 1. The summed E-state index contributed by atoms with van der Waals surface area (Å²) in [7, 11) is 0. The quantitative estimate of drug-likeness (QED) is 0.730. The fourth-order valence-corrected chi connectivity index (χ4v) is 3.00. The Bertz CT molecular complexity index is 602. The Hall–Kier alpha value is -1.68. The lowest BCUT2D eigenvalue weighted by Crippen LogP contribution is -2.04. The summed E-state index contributed by atoms with van der Waals surface area (Å²) in [5.41, 5.74) is 3.03. The second-order valence-electron chi connectivity index (χ2n) is 4.93. The number of hydrogen-bond acceptors (Lipinski definition) is 4. The molecule has 0 aliphatic carbocycles. The number of aryl methyl sites for hydroxylation is 2. The van der Waals surface area contributed by atoms with Crippen molar-refractivity contribution in [2.45, 2.75) is 40.0 Å². The molecule has 2 rings (SSSR count). The predicted octanol–water partition coefficient (Wildman–Crippen LogP) is 4.64. The van der Waals surface area contributed by atoms with Crippen molar-refractivity contribution in [2.24, 2.45) is 0 Å². The maximum absolute atomic E-state index is 12.0. The highest BCUT2D eigenvalue weighted by atomic mass is 32.1. The number of ether oxygens (including phenoxy) is 1. The van der Waals surface area contributed by atoms with E-state index in [4.69, 9.17) is 4.74 Å². The lowest BCUT2D eigenvalue weighted by atomic mass is 10.0. The summed E-state index contributed by atoms with van der Waals surface area (Å²) >= 11 is 1.39. The van der Waals surface area contributed by atoms with Gasteiger partial charge in [-0.1, -0.05) is 37.6 Å². The van der Waals surface area contributed by atoms with Gasteiger partial charge in [0.1, 0.15) is 4.88 Å². The molecule has 0 amide bonds. The normalized spacial score (nSPS) is 10.6. The highest BCUT2D eigenvalue weighted by molar-refractivity contribution is 7.14. The first-order valence-corrected chi connectivity index (χ1v) is 8.21. The van der Waals surface area contributed by atoms with Gasteiger partial charge in [-0.15, -0.1) is 11.3 Å². The molecule has 0 radical (unpaired) electrons. The molecule has 0 fully saturated rings. The van der Waals surface area contributed by atoms with Gasteiger partial charge in [0.25, 0.3) is 0 Å². The van der Waals surface area contributed by atoms with Crippen LogP contribution in [-0.2, 0) is 11.2 Å². The van der Waals surface area contributed by atoms with Gasteiger partial charge in [-0.05, 0) is 32.3 Å². The molecule has 2 aromatic rings. The number of esters is 1. The summed E-state index contributed by atoms with van der Waals surface area (Å²) in [5.74, 6) is -0.284. The lowest BCUT2D eigenvalue weighted by Gasteiger charge is -2.04. The van der Waals surface area contributed by atoms with Crippen molar-refractivity contribution >= 4 is 17.3 Å². The zero-order valence-electron chi connectivity index (χ0n) is 12.8. The van der Waals surface area contributed by atoms with Crippen molar-refractivity contribution in [2.75, 3.05) is 6.61 Å². The number of nitrogens with zero attached hydrogens (tertiary/aromatic N) is 1. The van der Waals surface area contributed by atoms with Crippen LogP contribution in [0.15, 0.2) is 24.3 Å². The standard InChI is InChI=1S/C17H21NO2S/c1-4-6-7-13-8-10-14(11-9-13)15-16(17(19)20-5-2)21-12(3)18-15/h8-11H,4-7H2,1-3H3. The molecule has 1 aromatic heterocycles. The second kappa shape index (κ2) is 7.36. The SMILES string of the molecule is CCCCc1ccc(-c2nc(C)sc2C(=O)OCC)cc1. The van der Waals surface area contributed by atoms with E-state index in [0.717, 1.165) is 22.7 Å². The van der Waals surface area contributed by atoms with Crippen LogP contribution in [0.3, 0.4) is 0 Å². The lowest BCUT2D eigenvalue weighted by molar-refractivity contribution is 0.0532. The fourth-order valence-electron chi connectivity index (χ4n) is 2.17. The number of thiazole rings is 1. The minimum Gasteiger partial charge on any atom is -0.462 e. The average molecular weight is 303 g/mol. The first-order chi connectivity index (χ1) is 10.2. The molecule has 3 nitrogen and oxygen atoms in total. The molecule has 1 aromatic carbocycles. The molecular weight excluding hydrogens is 282 g/mol. The molecule has 0 N–H and O–H groups in total. The first-order valence-electron chi connectivity index (χ1n) is 7.39. The topological polar surface area (TPSA) is 39.2 Å². The predicted molar refractivity (Wildman–Crippen MR) is 86.9 cm³/mol. The van der Waals surface area contributed by atoms with Gasteiger partial charge in [0.05, 0.1) is 17.3 Å². The molecule has 0 atom stereocenters. The summed E-state index contributed by atoms with van der Waals surface area (Å²) in [6.07, 6.45) is 3.49. The van der Waals surface area contributed by atoms with E-state index in [-0.39, 0.29) is 5.97 Å². The van der Waals surface area contributed by atoms with Crippen LogP contribution < -0.4 is 0 Å². The first kappa shape index (κ1) is 15.7. The third-order valence-electron chi connectivity index (χ3n) is 3.24. The molecule has 21 heavy (non-hydrogen) atoms. The maximum Gasteiger partial charge on any atom is 0.350 e. The summed E-state index contributed by atoms with van der Waals surface area (Å²) in [4.78, 5) is 17.1. The smallest absolute Gasteiger partial charge is 0.350 e. The van der Waals surface area contributed by atoms with E-state index in [9.17, 15) is 4.79 Å². The summed E-state index contributed by atoms with van der Waals surface area (Å²) in [5, 5.41) is 0.878. The van der Waals surface area contributed by atoms with Crippen LogP contribution in [0.1, 0.15) is 46.9 Å². The fraction of sp³-hybridized carbons (Fsp3) is 0.412. The summed E-state index contributed by atoms with van der Waals surface area (Å²) in [6, 6.07) is 8.33. The van der Waals surface area contributed by atoms with E-state index in [1.165, 1.54) is 29.7 Å². The zero-order valence-corrected chi connectivity index (χ0v) is 13.6. The molecule has 0 saturated heterocycles. The van der Waals surface area contributed by atoms with Gasteiger partial charge < -0.3 is 4.74 Å². The van der Waals surface area contributed by atoms with Gasteiger partial charge in [0.2, 0.25) is 0 Å². The van der Waals surface area contributed by atoms with E-state index in [2.05, 4.69) is 24.0 Å². The van der Waals surface area contributed by atoms with Crippen LogP contribution in [0.5, 0.6) is 0 Å². The van der Waals surface area contributed by atoms with Gasteiger partial charge in [-0.3, -0.25) is 0 Å². The largest absolute Gasteiger partial charge is 0.462 e. The molecule has 4 heteroatoms. The number of carbonyl (C=O) groups is 1. The van der Waals surface area contributed by atoms with Crippen LogP contribution in [0, 0.1) is 6.92 Å². The Morgan fingerprint density at radius 1 is 1.24 bits per heavy atom. The third kappa shape index (κ3) is 3.91. The van der Waals surface area contributed by atoms with Crippen LogP contribution >= 0.6 is 11.3 Å². The Morgan fingerprint density at radius 3 is 2.57 bits per heavy atom. The number of benzene rings is 1. The summed E-state index contributed by atoms with van der Waals surface area (Å²) in [6.45, 7) is 6.30.